The van der Waals surface area contributed by atoms with Gasteiger partial charge < -0.3 is 74.4 Å². The average molecular weight is 1180 g/mol. The smallest absolute Gasteiger partial charge is 0.490 e. The summed E-state index contributed by atoms with van der Waals surface area (Å²) in [4.78, 5) is 103. The van der Waals surface area contributed by atoms with Crippen LogP contribution in [0.1, 0.15) is 18.7 Å². The number of aryl methyl sites for hydroxylation is 1. The van der Waals surface area contributed by atoms with E-state index in [9.17, 15) is 76.0 Å². The van der Waals surface area contributed by atoms with Crippen molar-refractivity contribution in [1.29, 1.82) is 0 Å². The molecule has 5 aromatic heterocycles. The van der Waals surface area contributed by atoms with Crippen molar-refractivity contribution in [3.63, 3.8) is 0 Å². The highest BCUT2D eigenvalue weighted by atomic mass is 32.2. The molecular weight excluding hydrogens is 1130 g/mol. The lowest BCUT2D eigenvalue weighted by Gasteiger charge is -2.35. The maximum absolute atomic E-state index is 14.2. The quantitative estimate of drug-likeness (QED) is 0.0241. The molecule has 0 amide bonds. The van der Waals surface area contributed by atoms with Gasteiger partial charge in [-0.2, -0.15) is 18.2 Å². The van der Waals surface area contributed by atoms with Crippen molar-refractivity contribution in [2.75, 3.05) is 51.2 Å². The minimum absolute atomic E-state index is 0.00144. The molecule has 43 heteroatoms. The van der Waals surface area contributed by atoms with Gasteiger partial charge in [-0.3, -0.25) is 37.7 Å². The molecule has 0 radical (unpaired) electrons. The third-order valence-corrected chi connectivity index (χ3v) is 18.7. The van der Waals surface area contributed by atoms with Crippen molar-refractivity contribution < 1.29 is 107 Å². The second kappa shape index (κ2) is 21.5. The Balaban J connectivity index is 0.967. The van der Waals surface area contributed by atoms with Crippen molar-refractivity contribution >= 4 is 75.2 Å². The van der Waals surface area contributed by atoms with Gasteiger partial charge >= 0.3 is 34.7 Å². The zero-order valence-corrected chi connectivity index (χ0v) is 43.4. The molecule has 420 valence electrons. The third-order valence-electron chi connectivity index (χ3n) is 11.9. The monoisotopic (exact) mass is 1180 g/mol. The molecule has 5 aromatic rings. The predicted molar refractivity (Wildman–Crippen MR) is 245 cm³/mol. The summed E-state index contributed by atoms with van der Waals surface area (Å²) in [6, 6.07) is 0.905. The molecule has 0 aromatic carbocycles. The van der Waals surface area contributed by atoms with Gasteiger partial charge in [0, 0.05) is 31.8 Å². The molecule has 8 rings (SSSR count). The lowest BCUT2D eigenvalue weighted by atomic mass is 9.98. The number of sulfonamides is 1. The topological polar surface area (TPSA) is 547 Å². The Morgan fingerprint density at radius 3 is 2.08 bits per heavy atom. The summed E-state index contributed by atoms with van der Waals surface area (Å²) in [6.07, 6.45) is -12.1. The maximum atomic E-state index is 14.2. The van der Waals surface area contributed by atoms with Gasteiger partial charge in [-0.25, -0.2) is 51.1 Å². The van der Waals surface area contributed by atoms with E-state index in [1.807, 2.05) is 4.98 Å². The van der Waals surface area contributed by atoms with Crippen LogP contribution in [0.15, 0.2) is 45.6 Å². The van der Waals surface area contributed by atoms with Crippen LogP contribution in [-0.4, -0.2) is 170 Å². The van der Waals surface area contributed by atoms with Gasteiger partial charge in [-0.1, -0.05) is 0 Å². The first-order valence-electron chi connectivity index (χ1n) is 21.5. The van der Waals surface area contributed by atoms with E-state index in [-0.39, 0.29) is 34.1 Å². The number of phosphoric acid groups is 3. The van der Waals surface area contributed by atoms with E-state index in [0.29, 0.717) is 4.57 Å². The molecule has 0 spiro atoms. The van der Waals surface area contributed by atoms with Crippen LogP contribution in [0.25, 0.3) is 22.3 Å². The molecule has 16 atom stereocenters. The van der Waals surface area contributed by atoms with E-state index in [4.69, 9.17) is 44.0 Å². The van der Waals surface area contributed by atoms with E-state index in [2.05, 4.69) is 38.3 Å². The van der Waals surface area contributed by atoms with Crippen molar-refractivity contribution in [1.82, 2.24) is 48.3 Å². The molecule has 3 fully saturated rings. The summed E-state index contributed by atoms with van der Waals surface area (Å²) >= 11 is 0. The number of nitrogen functional groups attached to an aromatic ring is 2. The van der Waals surface area contributed by atoms with Crippen LogP contribution >= 0.6 is 31.1 Å². The standard InChI is InChI=1S/C33H47N13O25P4S/c1-43-12-46(27-19(43)28(51)42-32(35)41-27)29-20(48)13(6-39-76(3,61)62)14(67-29)7-65-73(55,56)70-75(59,60)71-74(57,58)66-9-16-24(23(63-2)31(69-16)45-11-38-18-25(34)36-10-37-26(18)45)72(53,54)64-8-15-21(49)22(50)30(68-15)44-5-4-17(47)40-33(44)52/h4-5,10-16,20-24,29-31,39,48-50H,6-9H2,1-3H3,(H9-,34,35,36,37,40,41,42,47,51,52,53,54,55,56,57,58,59,60)/t13-,14-,15-,16-,20-,21-,22-,23-,24-,29-,30-,31-/m1/s1. The van der Waals surface area contributed by atoms with E-state index < -0.39 is 157 Å². The van der Waals surface area contributed by atoms with Crippen LogP contribution in [0, 0.1) is 5.92 Å². The second-order valence-corrected chi connectivity index (χ2v) is 25.4. The van der Waals surface area contributed by atoms with Crippen LogP contribution in [0.4, 0.5) is 11.8 Å². The second-order valence-electron chi connectivity index (χ2n) is 17.0. The van der Waals surface area contributed by atoms with Crippen LogP contribution in [0.5, 0.6) is 0 Å². The van der Waals surface area contributed by atoms with Crippen molar-refractivity contribution in [2.45, 2.75) is 67.1 Å². The van der Waals surface area contributed by atoms with Gasteiger partial charge in [0.25, 0.3) is 16.7 Å². The fourth-order valence-electron chi connectivity index (χ4n) is 8.56. The Labute approximate surface area is 423 Å². The summed E-state index contributed by atoms with van der Waals surface area (Å²) in [5, 5.41) is 32.8. The number of fused-ring (bicyclic) bond motifs is 2. The molecule has 0 bridgehead atoms. The fourth-order valence-corrected chi connectivity index (χ4v) is 14.3. The Bertz CT molecular complexity index is 3510. The Morgan fingerprint density at radius 2 is 1.43 bits per heavy atom. The molecule has 3 aliphatic rings. The van der Waals surface area contributed by atoms with Gasteiger partial charge in [-0.15, -0.1) is 0 Å². The number of anilines is 2. The Morgan fingerprint density at radius 1 is 0.816 bits per heavy atom. The molecule has 0 aliphatic carbocycles. The van der Waals surface area contributed by atoms with E-state index in [0.717, 1.165) is 47.4 Å². The van der Waals surface area contributed by atoms with Crippen molar-refractivity contribution in [3.8, 4) is 0 Å². The fraction of sp³-hybridized carbons (Fsp3) is 0.576. The molecule has 38 nitrogen and oxygen atoms in total. The number of H-pyrrole nitrogens is 2. The number of phosphoric ester groups is 2. The number of ether oxygens (including phenoxy) is 4. The van der Waals surface area contributed by atoms with Crippen molar-refractivity contribution in [2.24, 2.45) is 13.0 Å². The van der Waals surface area contributed by atoms with Gasteiger partial charge in [0.1, 0.15) is 50.0 Å². The summed E-state index contributed by atoms with van der Waals surface area (Å²) in [7, 11) is -25.4. The largest absolute Gasteiger partial charge is 0.778 e. The predicted octanol–water partition coefficient (Wildman–Crippen LogP) is -5.63. The molecule has 3 aliphatic heterocycles. The summed E-state index contributed by atoms with van der Waals surface area (Å²) in [5.74, 6) is -1.81. The first kappa shape index (κ1) is 57.5. The van der Waals surface area contributed by atoms with Crippen LogP contribution in [0.2, 0.25) is 0 Å². The minimum Gasteiger partial charge on any atom is -0.778 e. The average Bonchev–Trinajstić information content (AvgIpc) is 4.12. The number of rotatable bonds is 21. The Kier molecular flexibility index (Phi) is 16.3. The first-order chi connectivity index (χ1) is 35.4. The summed E-state index contributed by atoms with van der Waals surface area (Å²) in [6.45, 7) is -4.19. The molecule has 3 saturated heterocycles. The number of aromatic nitrogens is 10. The van der Waals surface area contributed by atoms with Crippen LogP contribution < -0.4 is 42.5 Å². The third kappa shape index (κ3) is 12.1. The first-order valence-corrected chi connectivity index (χ1v) is 29.5. The van der Waals surface area contributed by atoms with E-state index in [1.54, 1.807) is 0 Å². The van der Waals surface area contributed by atoms with E-state index in [1.165, 1.54) is 17.9 Å². The number of nitrogens with one attached hydrogen (secondary N) is 3. The zero-order valence-electron chi connectivity index (χ0n) is 39.0. The zero-order chi connectivity index (χ0) is 55.6. The van der Waals surface area contributed by atoms with Gasteiger partial charge in [0.2, 0.25) is 28.5 Å². The number of hydrogen-bond donors (Lipinski definition) is 11. The number of methoxy groups -OCH3 is 1. The van der Waals surface area contributed by atoms with Gasteiger partial charge in [0.05, 0.1) is 57.3 Å². The highest BCUT2D eigenvalue weighted by Gasteiger charge is 2.55. The highest BCUT2D eigenvalue weighted by molar-refractivity contribution is 7.88. The minimum atomic E-state index is -6.29. The van der Waals surface area contributed by atoms with E-state index >= 15 is 0 Å². The number of nitrogens with zero attached hydrogens (tertiary/aromatic N) is 8. The number of aliphatic hydroxyl groups is 3. The molecule has 0 saturated carbocycles. The number of imidazole rings is 2. The molecule has 8 heterocycles. The van der Waals surface area contributed by atoms with Crippen molar-refractivity contribution in [3.05, 3.63) is 62.4 Å². The molecule has 76 heavy (non-hydrogen) atoms. The SMILES string of the molecule is CO[C@@H]1[C@H](P(=O)([O-])OC[C@H]2O[C@@H](n3ccc(=O)[nH]c3=O)[C@H](O)[C@@H]2O)[C@@H](COP(=O)(O)OP(=O)(O)OP(=O)(O)OC[C@H]2O[C@@H](n3c[n+](C)c4c(=O)[nH]c(N)nc43)[C@H](O)[C@@H]2CNS(C)(=O)=O)O[C@H]1n1cnc2c(N)ncnc21. The molecular formula is C33H47N13O25P4S. The number of aromatic amines is 2. The normalized spacial score (nSPS) is 30.3. The Hall–Kier alpha value is -4.63. The summed E-state index contributed by atoms with van der Waals surface area (Å²) < 4.78 is 130. The maximum Gasteiger partial charge on any atom is 0.490 e. The molecule has 13 N–H and O–H groups in total. The van der Waals surface area contributed by atoms with Crippen LogP contribution in [-0.2, 0) is 76.5 Å². The summed E-state index contributed by atoms with van der Waals surface area (Å²) in [5.41, 5.74) is 6.74. The van der Waals surface area contributed by atoms with Gasteiger partial charge in [-0.05, 0) is 0 Å². The van der Waals surface area contributed by atoms with Gasteiger partial charge in [0.15, 0.2) is 23.9 Å². The lowest BCUT2D eigenvalue weighted by molar-refractivity contribution is -0.646. The molecule has 4 unspecified atom stereocenters. The highest BCUT2D eigenvalue weighted by Crippen LogP contribution is 2.68. The number of hydrogen-bond acceptors (Lipinski definition) is 28. The number of nitrogens with two attached hydrogens (primary N) is 2. The number of aliphatic hydroxyl groups excluding tert-OH is 3. The van der Waals surface area contributed by atoms with Crippen LogP contribution in [0.3, 0.4) is 0 Å². The lowest BCUT2D eigenvalue weighted by Crippen LogP contribution is -2.40.